The first-order valence-electron chi connectivity index (χ1n) is 7.58. The minimum atomic E-state index is -3.17. The smallest absolute Gasteiger partial charge is 0.178 e. The molecule has 2 atom stereocenters. The van der Waals surface area contributed by atoms with Crippen LogP contribution < -0.4 is 5.32 Å². The van der Waals surface area contributed by atoms with Gasteiger partial charge in [-0.15, -0.1) is 0 Å². The van der Waals surface area contributed by atoms with Crippen molar-refractivity contribution in [2.75, 3.05) is 12.3 Å². The molecule has 0 fully saturated rings. The van der Waals surface area contributed by atoms with E-state index in [4.69, 9.17) is 0 Å². The topological polar surface area (TPSA) is 79.3 Å². The Hall–Kier alpha value is -1.76. The highest BCUT2D eigenvalue weighted by atomic mass is 32.2. The highest BCUT2D eigenvalue weighted by Crippen LogP contribution is 2.18. The second kappa shape index (κ2) is 7.68. The molecule has 0 amide bonds. The van der Waals surface area contributed by atoms with Crippen molar-refractivity contribution in [3.8, 4) is 0 Å². The maximum absolute atomic E-state index is 11.8. The third-order valence-electron chi connectivity index (χ3n) is 3.83. The van der Waals surface area contributed by atoms with Gasteiger partial charge in [0.1, 0.15) is 0 Å². The summed E-state index contributed by atoms with van der Waals surface area (Å²) in [5.41, 5.74) is 1.78. The number of hydrogen-bond donors (Lipinski definition) is 2. The zero-order valence-corrected chi connectivity index (χ0v) is 14.1. The van der Waals surface area contributed by atoms with Crippen LogP contribution in [0.5, 0.6) is 0 Å². The molecule has 2 aromatic rings. The molecule has 2 rings (SSSR count). The molecule has 2 N–H and O–H groups in total. The van der Waals surface area contributed by atoms with E-state index in [0.717, 1.165) is 11.1 Å². The Kier molecular flexibility index (Phi) is 5.87. The monoisotopic (exact) mass is 334 g/mol. The molecule has 23 heavy (non-hydrogen) atoms. The van der Waals surface area contributed by atoms with E-state index in [1.165, 1.54) is 0 Å². The first kappa shape index (κ1) is 17.6. The fraction of sp³-hybridized carbons (Fsp3) is 0.353. The lowest BCUT2D eigenvalue weighted by Gasteiger charge is -2.18. The predicted molar refractivity (Wildman–Crippen MR) is 89.8 cm³/mol. The van der Waals surface area contributed by atoms with Crippen LogP contribution in [0.15, 0.2) is 53.7 Å². The van der Waals surface area contributed by atoms with Crippen molar-refractivity contribution in [1.82, 2.24) is 10.3 Å². The average Bonchev–Trinajstić information content (AvgIpc) is 2.60. The second-order valence-corrected chi connectivity index (χ2v) is 7.68. The summed E-state index contributed by atoms with van der Waals surface area (Å²) >= 11 is 0. The molecule has 0 bridgehead atoms. The van der Waals surface area contributed by atoms with E-state index in [2.05, 4.69) is 10.3 Å². The van der Waals surface area contributed by atoms with Crippen molar-refractivity contribution in [3.63, 3.8) is 0 Å². The van der Waals surface area contributed by atoms with Crippen LogP contribution in [0.1, 0.15) is 37.1 Å². The molecule has 0 spiro atoms. The summed E-state index contributed by atoms with van der Waals surface area (Å²) in [4.78, 5) is 4.27. The molecule has 6 heteroatoms. The molecule has 5 nitrogen and oxygen atoms in total. The van der Waals surface area contributed by atoms with Crippen LogP contribution in [0.3, 0.4) is 0 Å². The van der Waals surface area contributed by atoms with E-state index < -0.39 is 15.9 Å². The summed E-state index contributed by atoms with van der Waals surface area (Å²) in [5.74, 6) is 0.0955. The number of sulfone groups is 1. The lowest BCUT2D eigenvalue weighted by Crippen LogP contribution is -2.24. The Morgan fingerprint density at radius 1 is 1.09 bits per heavy atom. The molecular weight excluding hydrogens is 312 g/mol. The lowest BCUT2D eigenvalue weighted by atomic mass is 10.1. The molecule has 1 heterocycles. The van der Waals surface area contributed by atoms with Gasteiger partial charge >= 0.3 is 0 Å². The largest absolute Gasteiger partial charge is 0.387 e. The van der Waals surface area contributed by atoms with E-state index in [-0.39, 0.29) is 11.8 Å². The molecule has 124 valence electrons. The third-order valence-corrected chi connectivity index (χ3v) is 5.58. The minimum absolute atomic E-state index is 0.00451. The highest BCUT2D eigenvalue weighted by molar-refractivity contribution is 7.91. The van der Waals surface area contributed by atoms with Gasteiger partial charge in [-0.05, 0) is 42.3 Å². The number of nitrogens with one attached hydrogen (secondary N) is 1. The fourth-order valence-corrected chi connectivity index (χ4v) is 3.12. The summed E-state index contributed by atoms with van der Waals surface area (Å²) < 4.78 is 23.6. The van der Waals surface area contributed by atoms with Gasteiger partial charge in [0.25, 0.3) is 0 Å². The van der Waals surface area contributed by atoms with Gasteiger partial charge in [-0.2, -0.15) is 0 Å². The molecule has 0 aliphatic carbocycles. The van der Waals surface area contributed by atoms with Gasteiger partial charge in [0, 0.05) is 25.0 Å². The van der Waals surface area contributed by atoms with Crippen LogP contribution in [-0.4, -0.2) is 30.8 Å². The van der Waals surface area contributed by atoms with Crippen LogP contribution in [0.2, 0.25) is 0 Å². The van der Waals surface area contributed by atoms with Crippen molar-refractivity contribution < 1.29 is 13.5 Å². The maximum Gasteiger partial charge on any atom is 0.178 e. The van der Waals surface area contributed by atoms with Crippen LogP contribution in [-0.2, 0) is 9.84 Å². The van der Waals surface area contributed by atoms with Crippen LogP contribution in [0.4, 0.5) is 0 Å². The van der Waals surface area contributed by atoms with Crippen molar-refractivity contribution in [3.05, 3.63) is 59.9 Å². The number of pyridine rings is 1. The number of aliphatic hydroxyl groups excluding tert-OH is 1. The summed E-state index contributed by atoms with van der Waals surface area (Å²) in [6.45, 7) is 4.01. The summed E-state index contributed by atoms with van der Waals surface area (Å²) in [5, 5.41) is 13.4. The first-order chi connectivity index (χ1) is 10.9. The molecule has 0 aliphatic heterocycles. The van der Waals surface area contributed by atoms with Crippen molar-refractivity contribution >= 4 is 9.84 Å². The van der Waals surface area contributed by atoms with Gasteiger partial charge in [0.2, 0.25) is 0 Å². The Balaban J connectivity index is 1.97. The Morgan fingerprint density at radius 3 is 2.26 bits per heavy atom. The number of benzene rings is 1. The van der Waals surface area contributed by atoms with Gasteiger partial charge in [-0.25, -0.2) is 8.42 Å². The van der Waals surface area contributed by atoms with Gasteiger partial charge < -0.3 is 10.4 Å². The molecule has 0 aliphatic rings. The van der Waals surface area contributed by atoms with E-state index >= 15 is 0 Å². The standard InChI is InChI=1S/C17H22N2O3S/c1-3-23(21,22)16-6-4-14(5-7-16)13(2)19-12-17(20)15-8-10-18-11-9-15/h4-11,13,17,19-20H,3,12H2,1-2H3. The number of aliphatic hydroxyl groups is 1. The predicted octanol–water partition coefficient (Wildman–Crippen LogP) is 2.26. The SMILES string of the molecule is CCS(=O)(=O)c1ccc(C(C)NCC(O)c2ccncc2)cc1. The summed E-state index contributed by atoms with van der Waals surface area (Å²) in [7, 11) is -3.17. The van der Waals surface area contributed by atoms with Gasteiger partial charge in [-0.1, -0.05) is 19.1 Å². The Bertz CT molecular complexity index is 715. The van der Waals surface area contributed by atoms with Crippen LogP contribution in [0, 0.1) is 0 Å². The lowest BCUT2D eigenvalue weighted by molar-refractivity contribution is 0.170. The van der Waals surface area contributed by atoms with Crippen LogP contribution in [0.25, 0.3) is 0 Å². The third kappa shape index (κ3) is 4.60. The van der Waals surface area contributed by atoms with Crippen molar-refractivity contribution in [2.24, 2.45) is 0 Å². The maximum atomic E-state index is 11.8. The molecule has 2 unspecified atom stereocenters. The van der Waals surface area contributed by atoms with E-state index in [1.807, 2.05) is 6.92 Å². The average molecular weight is 334 g/mol. The highest BCUT2D eigenvalue weighted by Gasteiger charge is 2.13. The number of rotatable bonds is 7. The number of nitrogens with zero attached hydrogens (tertiary/aromatic N) is 1. The van der Waals surface area contributed by atoms with E-state index in [1.54, 1.807) is 55.7 Å². The quantitative estimate of drug-likeness (QED) is 0.812. The van der Waals surface area contributed by atoms with Crippen molar-refractivity contribution in [1.29, 1.82) is 0 Å². The number of hydrogen-bond acceptors (Lipinski definition) is 5. The van der Waals surface area contributed by atoms with E-state index in [9.17, 15) is 13.5 Å². The molecule has 0 radical (unpaired) electrons. The fourth-order valence-electron chi connectivity index (χ4n) is 2.24. The zero-order valence-electron chi connectivity index (χ0n) is 13.3. The molecule has 0 saturated heterocycles. The molecular formula is C17H22N2O3S. The summed E-state index contributed by atoms with van der Waals surface area (Å²) in [6, 6.07) is 10.4. The number of aromatic nitrogens is 1. The van der Waals surface area contributed by atoms with Gasteiger partial charge in [0.05, 0.1) is 16.8 Å². The minimum Gasteiger partial charge on any atom is -0.387 e. The Labute approximate surface area is 137 Å². The molecule has 1 aromatic heterocycles. The first-order valence-corrected chi connectivity index (χ1v) is 9.23. The molecule has 0 saturated carbocycles. The van der Waals surface area contributed by atoms with Gasteiger partial charge in [0.15, 0.2) is 9.84 Å². The normalized spacial score (nSPS) is 14.4. The Morgan fingerprint density at radius 2 is 1.70 bits per heavy atom. The zero-order chi connectivity index (χ0) is 16.9. The summed E-state index contributed by atoms with van der Waals surface area (Å²) in [6.07, 6.45) is 2.68. The van der Waals surface area contributed by atoms with Gasteiger partial charge in [-0.3, -0.25) is 4.98 Å². The van der Waals surface area contributed by atoms with Crippen LogP contribution >= 0.6 is 0 Å². The second-order valence-electron chi connectivity index (χ2n) is 5.40. The van der Waals surface area contributed by atoms with E-state index in [0.29, 0.717) is 11.4 Å². The molecule has 1 aromatic carbocycles. The van der Waals surface area contributed by atoms with Crippen molar-refractivity contribution in [2.45, 2.75) is 30.9 Å².